The third kappa shape index (κ3) is 6.17. The summed E-state index contributed by atoms with van der Waals surface area (Å²) in [6.07, 6.45) is 0. The van der Waals surface area contributed by atoms with Gasteiger partial charge in [0.1, 0.15) is 10.6 Å². The monoisotopic (exact) mass is 492 g/mol. The molecule has 3 aromatic carbocycles. The number of nitrogens with zero attached hydrogens (tertiary/aromatic N) is 4. The predicted octanol–water partition coefficient (Wildman–Crippen LogP) is 4.73. The number of hydrogen-bond acceptors (Lipinski definition) is 10. The predicted molar refractivity (Wildman–Crippen MR) is 116 cm³/mol. The molecule has 0 unspecified atom stereocenters. The molecule has 3 aromatic rings. The molecule has 0 aliphatic rings. The molecule has 0 amide bonds. The summed E-state index contributed by atoms with van der Waals surface area (Å²) in [7, 11) is -7.70. The summed E-state index contributed by atoms with van der Waals surface area (Å²) in [4.78, 5) is -0.897. The summed E-state index contributed by atoms with van der Waals surface area (Å²) < 4.78 is 69.3. The van der Waals surface area contributed by atoms with E-state index in [1.165, 1.54) is 49.6 Å². The van der Waals surface area contributed by atoms with E-state index in [1.54, 1.807) is 0 Å². The SMILES string of the molecule is COc1cc(/N=N/c2ccc(/N=N/c3ccc(S(=O)(=O)O)cc3)cc2S(=O)(=O)O)ccc1O. The first-order chi connectivity index (χ1) is 15.5. The lowest BCUT2D eigenvalue weighted by atomic mass is 10.3. The smallest absolute Gasteiger partial charge is 0.296 e. The molecule has 3 rings (SSSR count). The van der Waals surface area contributed by atoms with Gasteiger partial charge in [0.2, 0.25) is 0 Å². The summed E-state index contributed by atoms with van der Waals surface area (Å²) in [5.41, 5.74) is 0.344. The van der Waals surface area contributed by atoms with Gasteiger partial charge in [-0.3, -0.25) is 9.11 Å². The van der Waals surface area contributed by atoms with Crippen molar-refractivity contribution in [2.45, 2.75) is 9.79 Å². The fourth-order valence-electron chi connectivity index (χ4n) is 2.49. The van der Waals surface area contributed by atoms with Gasteiger partial charge in [0.25, 0.3) is 20.2 Å². The van der Waals surface area contributed by atoms with Crippen molar-refractivity contribution in [3.63, 3.8) is 0 Å². The van der Waals surface area contributed by atoms with Gasteiger partial charge in [0.05, 0.1) is 29.1 Å². The van der Waals surface area contributed by atoms with Crippen LogP contribution in [0.25, 0.3) is 0 Å². The number of hydrogen-bond donors (Lipinski definition) is 3. The molecular formula is C19H16N4O8S2. The second-order valence-corrected chi connectivity index (χ2v) is 9.16. The Balaban J connectivity index is 1.90. The standard InChI is InChI=1S/C19H16N4O8S2/c1-31-18-10-13(5-9-17(18)24)22-23-16-8-4-14(11-19(16)33(28,29)30)21-20-12-2-6-15(7-3-12)32(25,26)27/h2-11,24H,1H3,(H,25,26,27)(H,28,29,30)/b21-20+,23-22+. The minimum absolute atomic E-state index is 0.0479. The molecule has 0 aromatic heterocycles. The Labute approximate surface area is 188 Å². The summed E-state index contributed by atoms with van der Waals surface area (Å²) in [5, 5.41) is 25.0. The van der Waals surface area contributed by atoms with Gasteiger partial charge in [0, 0.05) is 6.07 Å². The van der Waals surface area contributed by atoms with Gasteiger partial charge in [-0.25, -0.2) is 0 Å². The van der Waals surface area contributed by atoms with Crippen molar-refractivity contribution in [3.05, 3.63) is 60.7 Å². The Bertz CT molecular complexity index is 1450. The van der Waals surface area contributed by atoms with Gasteiger partial charge in [-0.2, -0.15) is 32.2 Å². The maximum Gasteiger partial charge on any atom is 0.296 e. The van der Waals surface area contributed by atoms with E-state index >= 15 is 0 Å². The van der Waals surface area contributed by atoms with Crippen LogP contribution < -0.4 is 4.74 Å². The topological polar surface area (TPSA) is 188 Å². The molecule has 0 saturated heterocycles. The second kappa shape index (κ2) is 9.41. The summed E-state index contributed by atoms with van der Waals surface area (Å²) in [6.45, 7) is 0. The molecule has 0 bridgehead atoms. The van der Waals surface area contributed by atoms with Crippen LogP contribution in [0.15, 0.2) is 90.9 Å². The lowest BCUT2D eigenvalue weighted by Crippen LogP contribution is -1.98. The van der Waals surface area contributed by atoms with Crippen molar-refractivity contribution < 1.29 is 35.8 Å². The maximum absolute atomic E-state index is 11.8. The fraction of sp³-hybridized carbons (Fsp3) is 0.0526. The number of methoxy groups -OCH3 is 1. The van der Waals surface area contributed by atoms with E-state index in [1.807, 2.05) is 0 Å². The first-order valence-electron chi connectivity index (χ1n) is 8.87. The molecule has 33 heavy (non-hydrogen) atoms. The highest BCUT2D eigenvalue weighted by Crippen LogP contribution is 2.33. The molecule has 14 heteroatoms. The number of aromatic hydroxyl groups is 1. The van der Waals surface area contributed by atoms with Gasteiger partial charge in [-0.1, -0.05) is 0 Å². The highest BCUT2D eigenvalue weighted by molar-refractivity contribution is 7.86. The number of phenols is 1. The first kappa shape index (κ1) is 23.9. The highest BCUT2D eigenvalue weighted by Gasteiger charge is 2.17. The van der Waals surface area contributed by atoms with E-state index in [9.17, 15) is 26.5 Å². The van der Waals surface area contributed by atoms with E-state index in [4.69, 9.17) is 9.29 Å². The third-order valence-corrected chi connectivity index (χ3v) is 5.82. The van der Waals surface area contributed by atoms with Crippen LogP contribution in [0.4, 0.5) is 22.7 Å². The Morgan fingerprint density at radius 2 is 1.24 bits per heavy atom. The third-order valence-electron chi connectivity index (χ3n) is 4.07. The summed E-state index contributed by atoms with van der Waals surface area (Å²) >= 11 is 0. The molecule has 12 nitrogen and oxygen atoms in total. The molecule has 0 aliphatic heterocycles. The van der Waals surface area contributed by atoms with E-state index in [-0.39, 0.29) is 39.1 Å². The van der Waals surface area contributed by atoms with Crippen molar-refractivity contribution in [1.29, 1.82) is 0 Å². The Morgan fingerprint density at radius 3 is 1.85 bits per heavy atom. The fourth-order valence-corrected chi connectivity index (χ4v) is 3.62. The van der Waals surface area contributed by atoms with Crippen LogP contribution in [-0.2, 0) is 20.2 Å². The Morgan fingerprint density at radius 1 is 0.697 bits per heavy atom. The van der Waals surface area contributed by atoms with Crippen LogP contribution in [-0.4, -0.2) is 38.2 Å². The zero-order valence-corrected chi connectivity index (χ0v) is 18.4. The molecule has 172 valence electrons. The van der Waals surface area contributed by atoms with E-state index in [0.717, 1.165) is 18.2 Å². The van der Waals surface area contributed by atoms with E-state index in [2.05, 4.69) is 20.5 Å². The minimum Gasteiger partial charge on any atom is -0.504 e. The van der Waals surface area contributed by atoms with Crippen molar-refractivity contribution in [2.75, 3.05) is 7.11 Å². The van der Waals surface area contributed by atoms with Crippen LogP contribution in [0.3, 0.4) is 0 Å². The van der Waals surface area contributed by atoms with Crippen LogP contribution in [0.1, 0.15) is 0 Å². The number of azo groups is 2. The second-order valence-electron chi connectivity index (χ2n) is 6.35. The number of benzene rings is 3. The largest absolute Gasteiger partial charge is 0.504 e. The zero-order chi connectivity index (χ0) is 24.2. The van der Waals surface area contributed by atoms with Gasteiger partial charge in [-0.15, -0.1) is 5.11 Å². The molecule has 0 saturated carbocycles. The van der Waals surface area contributed by atoms with Crippen LogP contribution in [0, 0.1) is 0 Å². The molecule has 0 atom stereocenters. The average Bonchev–Trinajstić information content (AvgIpc) is 2.76. The first-order valence-corrected chi connectivity index (χ1v) is 11.7. The summed E-state index contributed by atoms with van der Waals surface area (Å²) in [5.74, 6) is 0.0271. The zero-order valence-electron chi connectivity index (χ0n) is 16.8. The van der Waals surface area contributed by atoms with Crippen LogP contribution in [0.2, 0.25) is 0 Å². The molecular weight excluding hydrogens is 476 g/mol. The molecule has 0 heterocycles. The summed E-state index contributed by atoms with van der Waals surface area (Å²) in [6, 6.07) is 12.6. The van der Waals surface area contributed by atoms with Crippen molar-refractivity contribution in [2.24, 2.45) is 20.5 Å². The normalized spacial score (nSPS) is 12.5. The molecule has 0 radical (unpaired) electrons. The average molecular weight is 492 g/mol. The molecule has 3 N–H and O–H groups in total. The Kier molecular flexibility index (Phi) is 6.83. The van der Waals surface area contributed by atoms with Crippen molar-refractivity contribution in [3.8, 4) is 11.5 Å². The van der Waals surface area contributed by atoms with Gasteiger partial charge < -0.3 is 9.84 Å². The van der Waals surface area contributed by atoms with E-state index < -0.39 is 25.1 Å². The number of rotatable bonds is 7. The van der Waals surface area contributed by atoms with Crippen LogP contribution in [0.5, 0.6) is 11.5 Å². The lowest BCUT2D eigenvalue weighted by Gasteiger charge is -2.04. The van der Waals surface area contributed by atoms with Gasteiger partial charge >= 0.3 is 0 Å². The maximum atomic E-state index is 11.8. The van der Waals surface area contributed by atoms with Crippen molar-refractivity contribution in [1.82, 2.24) is 0 Å². The minimum atomic E-state index is -4.70. The van der Waals surface area contributed by atoms with Crippen molar-refractivity contribution >= 4 is 43.0 Å². The Hall–Kier alpha value is -3.72. The highest BCUT2D eigenvalue weighted by atomic mass is 32.2. The van der Waals surface area contributed by atoms with Crippen LogP contribution >= 0.6 is 0 Å². The molecule has 0 aliphatic carbocycles. The van der Waals surface area contributed by atoms with E-state index in [0.29, 0.717) is 0 Å². The quantitative estimate of drug-likeness (QED) is 0.312. The van der Waals surface area contributed by atoms with Gasteiger partial charge in [-0.05, 0) is 54.6 Å². The molecule has 0 spiro atoms. The van der Waals surface area contributed by atoms with Gasteiger partial charge in [0.15, 0.2) is 11.5 Å². The molecule has 0 fully saturated rings. The lowest BCUT2D eigenvalue weighted by molar-refractivity contribution is 0.373. The number of ether oxygens (including phenoxy) is 1. The number of phenolic OH excluding ortho intramolecular Hbond substituents is 1.